The molecule has 84 valence electrons. The first-order chi connectivity index (χ1) is 7.18. The highest BCUT2D eigenvalue weighted by molar-refractivity contribution is 7.90. The van der Waals surface area contributed by atoms with Crippen molar-refractivity contribution in [3.63, 3.8) is 0 Å². The van der Waals surface area contributed by atoms with Gasteiger partial charge in [-0.05, 0) is 17.9 Å². The Morgan fingerprint density at radius 2 is 2.47 bits per heavy atom. The zero-order valence-electron chi connectivity index (χ0n) is 8.18. The molecule has 1 aromatic heterocycles. The minimum absolute atomic E-state index is 0.319. The number of nitrogens with one attached hydrogen (secondary N) is 1. The minimum atomic E-state index is -3.20. The summed E-state index contributed by atoms with van der Waals surface area (Å²) in [6.45, 7) is 1.25. The molecule has 1 unspecified atom stereocenters. The Morgan fingerprint density at radius 3 is 3.07 bits per heavy atom. The first kappa shape index (κ1) is 11.1. The van der Waals surface area contributed by atoms with Gasteiger partial charge in [0.1, 0.15) is 5.25 Å². The molecule has 1 fully saturated rings. The molecule has 0 saturated carbocycles. The lowest BCUT2D eigenvalue weighted by Crippen LogP contribution is -2.34. The summed E-state index contributed by atoms with van der Waals surface area (Å²) in [6, 6.07) is 3.82. The Balaban J connectivity index is 1.93. The Kier molecular flexibility index (Phi) is 3.40. The summed E-state index contributed by atoms with van der Waals surface area (Å²) >= 11 is 1.55. The molecule has 0 amide bonds. The van der Waals surface area contributed by atoms with Crippen molar-refractivity contribution in [2.24, 2.45) is 0 Å². The van der Waals surface area contributed by atoms with Gasteiger partial charge in [-0.15, -0.1) is 11.3 Å². The predicted molar refractivity (Wildman–Crippen MR) is 59.3 cm³/mol. The number of sulfonamides is 1. The van der Waals surface area contributed by atoms with Gasteiger partial charge in [0.15, 0.2) is 0 Å². The van der Waals surface area contributed by atoms with E-state index in [0.717, 1.165) is 4.88 Å². The van der Waals surface area contributed by atoms with Crippen molar-refractivity contribution in [1.29, 1.82) is 0 Å². The molecule has 15 heavy (non-hydrogen) atoms. The molecule has 1 saturated heterocycles. The minimum Gasteiger partial charge on any atom is -0.380 e. The highest BCUT2D eigenvalue weighted by Gasteiger charge is 2.29. The predicted octanol–water partition coefficient (Wildman–Crippen LogP) is 0.956. The molecule has 0 aromatic carbocycles. The van der Waals surface area contributed by atoms with E-state index in [1.165, 1.54) is 0 Å². The number of rotatable bonds is 4. The molecular weight excluding hydrogens is 234 g/mol. The van der Waals surface area contributed by atoms with Crippen molar-refractivity contribution in [2.45, 2.75) is 18.2 Å². The molecule has 4 nitrogen and oxygen atoms in total. The molecule has 6 heteroatoms. The van der Waals surface area contributed by atoms with E-state index in [-0.39, 0.29) is 5.25 Å². The van der Waals surface area contributed by atoms with Crippen LogP contribution in [-0.4, -0.2) is 26.9 Å². The second kappa shape index (κ2) is 4.61. The summed E-state index contributed by atoms with van der Waals surface area (Å²) in [7, 11) is -3.20. The summed E-state index contributed by atoms with van der Waals surface area (Å²) in [6.07, 6.45) is 0.597. The number of hydrogen-bond acceptors (Lipinski definition) is 4. The summed E-state index contributed by atoms with van der Waals surface area (Å²) in [4.78, 5) is 1.03. The van der Waals surface area contributed by atoms with E-state index in [4.69, 9.17) is 4.74 Å². The first-order valence-corrected chi connectivity index (χ1v) is 7.20. The number of hydrogen-bond donors (Lipinski definition) is 1. The molecule has 0 radical (unpaired) electrons. The van der Waals surface area contributed by atoms with Crippen molar-refractivity contribution in [1.82, 2.24) is 4.72 Å². The van der Waals surface area contributed by atoms with E-state index in [2.05, 4.69) is 4.72 Å². The quantitative estimate of drug-likeness (QED) is 0.862. The normalized spacial score (nSPS) is 22.0. The van der Waals surface area contributed by atoms with Gasteiger partial charge >= 0.3 is 0 Å². The third-order valence-corrected chi connectivity index (χ3v) is 5.03. The molecular formula is C9H13NO3S2. The maximum absolute atomic E-state index is 11.7. The zero-order chi connectivity index (χ0) is 10.7. The van der Waals surface area contributed by atoms with Gasteiger partial charge in [0, 0.05) is 18.0 Å². The van der Waals surface area contributed by atoms with Gasteiger partial charge in [0.05, 0.1) is 6.61 Å². The highest BCUT2D eigenvalue weighted by atomic mass is 32.2. The largest absolute Gasteiger partial charge is 0.380 e. The standard InChI is InChI=1S/C9H13NO3S2/c11-15(12,9-3-4-13-7-9)10-6-8-2-1-5-14-8/h1-2,5,9-10H,3-4,6-7H2. The van der Waals surface area contributed by atoms with E-state index in [1.807, 2.05) is 17.5 Å². The monoisotopic (exact) mass is 247 g/mol. The van der Waals surface area contributed by atoms with Gasteiger partial charge in [-0.25, -0.2) is 13.1 Å². The van der Waals surface area contributed by atoms with E-state index < -0.39 is 10.0 Å². The third kappa shape index (κ3) is 2.78. The smallest absolute Gasteiger partial charge is 0.217 e. The lowest BCUT2D eigenvalue weighted by Gasteiger charge is -2.10. The Bertz CT molecular complexity index is 393. The van der Waals surface area contributed by atoms with Crippen LogP contribution in [0.15, 0.2) is 17.5 Å². The maximum atomic E-state index is 11.7. The van der Waals surface area contributed by atoms with E-state index in [0.29, 0.717) is 26.2 Å². The van der Waals surface area contributed by atoms with Crippen LogP contribution in [0.5, 0.6) is 0 Å². The second-order valence-electron chi connectivity index (χ2n) is 3.43. The fourth-order valence-corrected chi connectivity index (χ4v) is 3.47. The van der Waals surface area contributed by atoms with Crippen molar-refractivity contribution in [3.05, 3.63) is 22.4 Å². The van der Waals surface area contributed by atoms with Crippen LogP contribution < -0.4 is 4.72 Å². The average molecular weight is 247 g/mol. The van der Waals surface area contributed by atoms with Crippen LogP contribution in [0.25, 0.3) is 0 Å². The average Bonchev–Trinajstić information content (AvgIpc) is 2.88. The van der Waals surface area contributed by atoms with Gasteiger partial charge < -0.3 is 4.74 Å². The number of ether oxygens (including phenoxy) is 1. The van der Waals surface area contributed by atoms with Crippen LogP contribution in [0.1, 0.15) is 11.3 Å². The van der Waals surface area contributed by atoms with E-state index >= 15 is 0 Å². The fraction of sp³-hybridized carbons (Fsp3) is 0.556. The SMILES string of the molecule is O=S(=O)(NCc1cccs1)C1CCOC1. The molecule has 1 aromatic rings. The molecule has 1 aliphatic heterocycles. The number of thiophene rings is 1. The van der Waals surface area contributed by atoms with Crippen molar-refractivity contribution in [3.8, 4) is 0 Å². The zero-order valence-corrected chi connectivity index (χ0v) is 9.81. The molecule has 1 aliphatic rings. The Hall–Kier alpha value is -0.430. The fourth-order valence-electron chi connectivity index (χ4n) is 1.46. The van der Waals surface area contributed by atoms with Gasteiger partial charge in [-0.2, -0.15) is 0 Å². The Labute approximate surface area is 93.3 Å². The second-order valence-corrected chi connectivity index (χ2v) is 6.51. The van der Waals surface area contributed by atoms with Gasteiger partial charge in [0.2, 0.25) is 10.0 Å². The van der Waals surface area contributed by atoms with Crippen LogP contribution in [-0.2, 0) is 21.3 Å². The van der Waals surface area contributed by atoms with Crippen molar-refractivity contribution < 1.29 is 13.2 Å². The van der Waals surface area contributed by atoms with Crippen molar-refractivity contribution in [2.75, 3.05) is 13.2 Å². The van der Waals surface area contributed by atoms with Crippen LogP contribution in [0.4, 0.5) is 0 Å². The summed E-state index contributed by atoms with van der Waals surface area (Å²) in [5.41, 5.74) is 0. The van der Waals surface area contributed by atoms with E-state index in [1.54, 1.807) is 11.3 Å². The van der Waals surface area contributed by atoms with Crippen molar-refractivity contribution >= 4 is 21.4 Å². The molecule has 2 heterocycles. The van der Waals surface area contributed by atoms with E-state index in [9.17, 15) is 8.42 Å². The molecule has 2 rings (SSSR count). The van der Waals surface area contributed by atoms with Crippen LogP contribution >= 0.6 is 11.3 Å². The van der Waals surface area contributed by atoms with Crippen LogP contribution in [0, 0.1) is 0 Å². The summed E-state index contributed by atoms with van der Waals surface area (Å²) < 4.78 is 31.2. The summed E-state index contributed by atoms with van der Waals surface area (Å²) in [5, 5.41) is 1.56. The molecule has 0 aliphatic carbocycles. The molecule has 0 spiro atoms. The van der Waals surface area contributed by atoms with Crippen LogP contribution in [0.2, 0.25) is 0 Å². The lowest BCUT2D eigenvalue weighted by molar-refractivity contribution is 0.198. The summed E-state index contributed by atoms with van der Waals surface area (Å²) in [5.74, 6) is 0. The lowest BCUT2D eigenvalue weighted by atomic mass is 10.4. The molecule has 1 atom stereocenters. The van der Waals surface area contributed by atoms with Gasteiger partial charge in [-0.1, -0.05) is 6.07 Å². The third-order valence-electron chi connectivity index (χ3n) is 2.35. The first-order valence-electron chi connectivity index (χ1n) is 4.77. The molecule has 1 N–H and O–H groups in total. The Morgan fingerprint density at radius 1 is 1.60 bits per heavy atom. The van der Waals surface area contributed by atoms with Gasteiger partial charge in [-0.3, -0.25) is 0 Å². The highest BCUT2D eigenvalue weighted by Crippen LogP contribution is 2.14. The topological polar surface area (TPSA) is 55.4 Å². The maximum Gasteiger partial charge on any atom is 0.217 e. The molecule has 0 bridgehead atoms. The van der Waals surface area contributed by atoms with Crippen LogP contribution in [0.3, 0.4) is 0 Å². The van der Waals surface area contributed by atoms with Gasteiger partial charge in [0.25, 0.3) is 0 Å².